The minimum Gasteiger partial charge on any atom is -0.484 e. The second-order valence-electron chi connectivity index (χ2n) is 4.66. The van der Waals surface area contributed by atoms with Crippen molar-refractivity contribution in [3.8, 4) is 5.75 Å². The zero-order valence-electron chi connectivity index (χ0n) is 11.3. The van der Waals surface area contributed by atoms with E-state index in [1.165, 1.54) is 0 Å². The average Bonchev–Trinajstić information content (AvgIpc) is 2.36. The van der Waals surface area contributed by atoms with Crippen LogP contribution >= 0.6 is 0 Å². The number of hydrogen-bond donors (Lipinski definition) is 3. The first-order valence-electron chi connectivity index (χ1n) is 5.86. The van der Waals surface area contributed by atoms with E-state index in [9.17, 15) is 9.59 Å². The third-order valence-corrected chi connectivity index (χ3v) is 2.35. The fourth-order valence-corrected chi connectivity index (χ4v) is 1.15. The van der Waals surface area contributed by atoms with Gasteiger partial charge in [-0.3, -0.25) is 9.59 Å². The van der Waals surface area contributed by atoms with Gasteiger partial charge in [-0.25, -0.2) is 0 Å². The van der Waals surface area contributed by atoms with E-state index in [4.69, 9.17) is 10.5 Å². The van der Waals surface area contributed by atoms with Crippen molar-refractivity contribution in [2.45, 2.75) is 19.4 Å². The Balaban J connectivity index is 2.57. The predicted octanol–water partition coefficient (Wildman–Crippen LogP) is 0.487. The first kappa shape index (κ1) is 15.0. The minimum absolute atomic E-state index is 0.0436. The van der Waals surface area contributed by atoms with Crippen LogP contribution in [0.25, 0.3) is 0 Å². The molecular formula is C13H19N3O3. The summed E-state index contributed by atoms with van der Waals surface area (Å²) in [7, 11) is 1.54. The molecule has 0 heterocycles. The number of anilines is 1. The van der Waals surface area contributed by atoms with E-state index in [1.807, 2.05) is 0 Å². The molecule has 1 aromatic carbocycles. The molecule has 104 valence electrons. The molecule has 0 saturated heterocycles. The molecule has 0 radical (unpaired) electrons. The molecule has 0 atom stereocenters. The van der Waals surface area contributed by atoms with Crippen molar-refractivity contribution in [2.24, 2.45) is 5.73 Å². The second kappa shape index (κ2) is 6.19. The summed E-state index contributed by atoms with van der Waals surface area (Å²) in [6, 6.07) is 6.70. The van der Waals surface area contributed by atoms with Crippen LogP contribution in [0.1, 0.15) is 13.8 Å². The lowest BCUT2D eigenvalue weighted by Crippen LogP contribution is -2.45. The number of carbonyl (C=O) groups is 2. The smallest absolute Gasteiger partial charge is 0.257 e. The quantitative estimate of drug-likeness (QED) is 0.722. The van der Waals surface area contributed by atoms with Gasteiger partial charge in [0.2, 0.25) is 5.91 Å². The predicted molar refractivity (Wildman–Crippen MR) is 72.9 cm³/mol. The summed E-state index contributed by atoms with van der Waals surface area (Å²) in [5.74, 6) is 0.0717. The fraction of sp³-hybridized carbons (Fsp3) is 0.385. The Morgan fingerprint density at radius 2 is 1.84 bits per heavy atom. The molecule has 0 unspecified atom stereocenters. The Labute approximate surface area is 112 Å². The van der Waals surface area contributed by atoms with Gasteiger partial charge in [0.1, 0.15) is 5.75 Å². The number of benzene rings is 1. The van der Waals surface area contributed by atoms with Crippen LogP contribution < -0.4 is 21.1 Å². The summed E-state index contributed by atoms with van der Waals surface area (Å²) in [5.41, 5.74) is 5.36. The average molecular weight is 265 g/mol. The van der Waals surface area contributed by atoms with Crippen LogP contribution in [-0.2, 0) is 9.59 Å². The lowest BCUT2D eigenvalue weighted by molar-refractivity contribution is -0.122. The van der Waals surface area contributed by atoms with Gasteiger partial charge in [0.15, 0.2) is 6.61 Å². The van der Waals surface area contributed by atoms with Crippen LogP contribution in [0.5, 0.6) is 5.75 Å². The van der Waals surface area contributed by atoms with Crippen LogP contribution in [0.15, 0.2) is 24.3 Å². The van der Waals surface area contributed by atoms with Crippen molar-refractivity contribution < 1.29 is 14.3 Å². The van der Waals surface area contributed by atoms with Crippen molar-refractivity contribution in [3.63, 3.8) is 0 Å². The molecule has 6 nitrogen and oxygen atoms in total. The number of rotatable bonds is 5. The number of amides is 2. The van der Waals surface area contributed by atoms with Gasteiger partial charge in [-0.2, -0.15) is 0 Å². The van der Waals surface area contributed by atoms with Gasteiger partial charge in [0.05, 0.1) is 5.54 Å². The molecule has 0 spiro atoms. The molecule has 0 aliphatic heterocycles. The molecule has 1 rings (SSSR count). The van der Waals surface area contributed by atoms with Gasteiger partial charge in [-0.15, -0.1) is 0 Å². The van der Waals surface area contributed by atoms with Crippen LogP contribution in [-0.4, -0.2) is 31.0 Å². The van der Waals surface area contributed by atoms with Crippen molar-refractivity contribution in [2.75, 3.05) is 19.0 Å². The first-order valence-corrected chi connectivity index (χ1v) is 5.86. The number of nitrogens with two attached hydrogens (primary N) is 1. The fourth-order valence-electron chi connectivity index (χ4n) is 1.15. The van der Waals surface area contributed by atoms with E-state index in [-0.39, 0.29) is 18.4 Å². The minimum atomic E-state index is -0.936. The van der Waals surface area contributed by atoms with E-state index >= 15 is 0 Å². The van der Waals surface area contributed by atoms with Crippen molar-refractivity contribution >= 4 is 17.5 Å². The molecule has 0 aromatic heterocycles. The normalized spacial score (nSPS) is 10.7. The molecular weight excluding hydrogens is 246 g/mol. The lowest BCUT2D eigenvalue weighted by atomic mass is 10.1. The maximum absolute atomic E-state index is 11.7. The Morgan fingerprint density at radius 1 is 1.26 bits per heavy atom. The van der Waals surface area contributed by atoms with Crippen molar-refractivity contribution in [1.82, 2.24) is 5.32 Å². The highest BCUT2D eigenvalue weighted by molar-refractivity contribution is 5.97. The van der Waals surface area contributed by atoms with E-state index < -0.39 is 5.54 Å². The molecule has 6 heteroatoms. The molecule has 0 bridgehead atoms. The van der Waals surface area contributed by atoms with E-state index in [1.54, 1.807) is 45.2 Å². The van der Waals surface area contributed by atoms with Crippen LogP contribution in [0.3, 0.4) is 0 Å². The van der Waals surface area contributed by atoms with Gasteiger partial charge in [-0.1, -0.05) is 0 Å². The zero-order valence-corrected chi connectivity index (χ0v) is 11.3. The maximum Gasteiger partial charge on any atom is 0.257 e. The number of carbonyl (C=O) groups excluding carboxylic acids is 2. The second-order valence-corrected chi connectivity index (χ2v) is 4.66. The zero-order chi connectivity index (χ0) is 14.5. The number of likely N-dealkylation sites (N-methyl/N-ethyl adjacent to an activating group) is 1. The maximum atomic E-state index is 11.7. The molecule has 0 aliphatic rings. The SMILES string of the molecule is CNC(=O)COc1ccc(NC(=O)C(C)(C)N)cc1. The Hall–Kier alpha value is -2.08. The molecule has 0 fully saturated rings. The largest absolute Gasteiger partial charge is 0.484 e. The topological polar surface area (TPSA) is 93.5 Å². The van der Waals surface area contributed by atoms with Crippen molar-refractivity contribution in [1.29, 1.82) is 0 Å². The Kier molecular flexibility index (Phi) is 4.88. The highest BCUT2D eigenvalue weighted by atomic mass is 16.5. The number of hydrogen-bond acceptors (Lipinski definition) is 4. The van der Waals surface area contributed by atoms with Crippen LogP contribution in [0, 0.1) is 0 Å². The van der Waals surface area contributed by atoms with Gasteiger partial charge in [0.25, 0.3) is 5.91 Å². The monoisotopic (exact) mass is 265 g/mol. The summed E-state index contributed by atoms with van der Waals surface area (Å²) < 4.78 is 5.24. The Morgan fingerprint density at radius 3 is 2.32 bits per heavy atom. The molecule has 4 N–H and O–H groups in total. The Bertz CT molecular complexity index is 449. The molecule has 2 amide bonds. The van der Waals surface area contributed by atoms with Gasteiger partial charge < -0.3 is 21.1 Å². The first-order chi connectivity index (χ1) is 8.82. The summed E-state index contributed by atoms with van der Waals surface area (Å²) >= 11 is 0. The third-order valence-electron chi connectivity index (χ3n) is 2.35. The van der Waals surface area contributed by atoms with E-state index in [0.717, 1.165) is 0 Å². The lowest BCUT2D eigenvalue weighted by Gasteiger charge is -2.17. The summed E-state index contributed by atoms with van der Waals surface area (Å²) in [6.45, 7) is 3.21. The van der Waals surface area contributed by atoms with Gasteiger partial charge in [-0.05, 0) is 38.1 Å². The molecule has 19 heavy (non-hydrogen) atoms. The number of nitrogens with one attached hydrogen (secondary N) is 2. The molecule has 1 aromatic rings. The standard InChI is InChI=1S/C13H19N3O3/c1-13(2,14)12(18)16-9-4-6-10(7-5-9)19-8-11(17)15-3/h4-7H,8,14H2,1-3H3,(H,15,17)(H,16,18). The summed E-state index contributed by atoms with van der Waals surface area (Å²) in [5, 5.41) is 5.14. The van der Waals surface area contributed by atoms with Crippen molar-refractivity contribution in [3.05, 3.63) is 24.3 Å². The summed E-state index contributed by atoms with van der Waals surface area (Å²) in [4.78, 5) is 22.7. The highest BCUT2D eigenvalue weighted by Gasteiger charge is 2.21. The van der Waals surface area contributed by atoms with Crippen LogP contribution in [0.2, 0.25) is 0 Å². The van der Waals surface area contributed by atoms with Gasteiger partial charge >= 0.3 is 0 Å². The van der Waals surface area contributed by atoms with E-state index in [0.29, 0.717) is 11.4 Å². The summed E-state index contributed by atoms with van der Waals surface area (Å²) in [6.07, 6.45) is 0. The molecule has 0 saturated carbocycles. The van der Waals surface area contributed by atoms with E-state index in [2.05, 4.69) is 10.6 Å². The van der Waals surface area contributed by atoms with Gasteiger partial charge in [0, 0.05) is 12.7 Å². The number of ether oxygens (including phenoxy) is 1. The van der Waals surface area contributed by atoms with Crippen LogP contribution in [0.4, 0.5) is 5.69 Å². The third kappa shape index (κ3) is 4.97. The highest BCUT2D eigenvalue weighted by Crippen LogP contribution is 2.16. The molecule has 0 aliphatic carbocycles.